The average molecular weight is 369 g/mol. The number of rotatable bonds is 6. The Morgan fingerprint density at radius 2 is 2.00 bits per heavy atom. The van der Waals surface area contributed by atoms with Crippen molar-refractivity contribution in [2.24, 2.45) is 5.92 Å². The molecule has 0 spiro atoms. The highest BCUT2D eigenvalue weighted by atomic mass is 32.1. The maximum atomic E-state index is 13.1. The molecule has 0 N–H and O–H groups in total. The summed E-state index contributed by atoms with van der Waals surface area (Å²) < 4.78 is 0. The minimum absolute atomic E-state index is 0.0551. The Bertz CT molecular complexity index is 781. The molecule has 0 bridgehead atoms. The van der Waals surface area contributed by atoms with Gasteiger partial charge in [0.25, 0.3) is 0 Å². The van der Waals surface area contributed by atoms with Gasteiger partial charge in [0.1, 0.15) is 0 Å². The maximum Gasteiger partial charge on any atom is 0.228 e. The van der Waals surface area contributed by atoms with Crippen LogP contribution in [0.5, 0.6) is 0 Å². The van der Waals surface area contributed by atoms with Crippen molar-refractivity contribution in [3.8, 4) is 0 Å². The summed E-state index contributed by atoms with van der Waals surface area (Å²) in [5, 5.41) is 2.05. The number of carbonyl (C=O) groups excluding carboxylic acids is 2. The lowest BCUT2D eigenvalue weighted by atomic mass is 10.1. The predicted molar refractivity (Wildman–Crippen MR) is 104 cm³/mol. The molecule has 0 unspecified atom stereocenters. The zero-order valence-corrected chi connectivity index (χ0v) is 15.9. The number of aryl methyl sites for hydroxylation is 1. The fourth-order valence-electron chi connectivity index (χ4n) is 3.61. The third-order valence-electron chi connectivity index (χ3n) is 5.31. The van der Waals surface area contributed by atoms with Gasteiger partial charge in [-0.25, -0.2) is 0 Å². The standard InChI is InChI=1S/C21H24N2O2S/c1-2-15-5-7-17(8-6-15)22-13-16(12-20(22)24)21(25)23(18-9-10-18)14-19-4-3-11-26-19/h3-8,11,16,18H,2,9-10,12-14H2,1H3/t16-/m0/s1. The Hall–Kier alpha value is -2.14. The molecule has 2 aliphatic rings. The summed E-state index contributed by atoms with van der Waals surface area (Å²) in [6.07, 6.45) is 3.47. The lowest BCUT2D eigenvalue weighted by Gasteiger charge is -2.25. The van der Waals surface area contributed by atoms with E-state index in [9.17, 15) is 9.59 Å². The quantitative estimate of drug-likeness (QED) is 0.777. The van der Waals surface area contributed by atoms with E-state index in [1.165, 1.54) is 10.4 Å². The van der Waals surface area contributed by atoms with Gasteiger partial charge in [-0.2, -0.15) is 0 Å². The molecule has 1 aliphatic heterocycles. The van der Waals surface area contributed by atoms with Crippen molar-refractivity contribution in [3.63, 3.8) is 0 Å². The minimum atomic E-state index is -0.228. The molecule has 1 saturated heterocycles. The first-order valence-corrected chi connectivity index (χ1v) is 10.3. The summed E-state index contributed by atoms with van der Waals surface area (Å²) in [5.41, 5.74) is 2.16. The summed E-state index contributed by atoms with van der Waals surface area (Å²) in [4.78, 5) is 30.6. The van der Waals surface area contributed by atoms with Crippen molar-refractivity contribution in [1.82, 2.24) is 4.90 Å². The number of benzene rings is 1. The molecule has 2 aromatic rings. The van der Waals surface area contributed by atoms with Crippen LogP contribution in [0.2, 0.25) is 0 Å². The van der Waals surface area contributed by atoms with Crippen molar-refractivity contribution >= 4 is 28.8 Å². The number of hydrogen-bond donors (Lipinski definition) is 0. The Kier molecular flexibility index (Phi) is 4.81. The van der Waals surface area contributed by atoms with E-state index in [1.807, 2.05) is 28.5 Å². The summed E-state index contributed by atoms with van der Waals surface area (Å²) in [6.45, 7) is 3.29. The first kappa shape index (κ1) is 17.3. The van der Waals surface area contributed by atoms with Crippen LogP contribution in [0.25, 0.3) is 0 Å². The Balaban J connectivity index is 1.47. The van der Waals surface area contributed by atoms with Gasteiger partial charge in [-0.3, -0.25) is 9.59 Å². The van der Waals surface area contributed by atoms with Crippen molar-refractivity contribution in [2.45, 2.75) is 45.2 Å². The van der Waals surface area contributed by atoms with Crippen molar-refractivity contribution in [3.05, 3.63) is 52.2 Å². The monoisotopic (exact) mass is 368 g/mol. The van der Waals surface area contributed by atoms with Gasteiger partial charge in [0.2, 0.25) is 11.8 Å². The van der Waals surface area contributed by atoms with Gasteiger partial charge < -0.3 is 9.80 Å². The molecule has 0 radical (unpaired) electrons. The van der Waals surface area contributed by atoms with Gasteiger partial charge in [-0.05, 0) is 48.4 Å². The molecule has 1 aromatic carbocycles. The second-order valence-electron chi connectivity index (χ2n) is 7.20. The fraction of sp³-hybridized carbons (Fsp3) is 0.429. The van der Waals surface area contributed by atoms with E-state index in [0.717, 1.165) is 24.9 Å². The third-order valence-corrected chi connectivity index (χ3v) is 6.17. The van der Waals surface area contributed by atoms with E-state index in [-0.39, 0.29) is 17.7 Å². The largest absolute Gasteiger partial charge is 0.334 e. The second-order valence-corrected chi connectivity index (χ2v) is 8.23. The average Bonchev–Trinajstić information content (AvgIpc) is 3.23. The predicted octanol–water partition coefficient (Wildman–Crippen LogP) is 3.85. The van der Waals surface area contributed by atoms with Crippen molar-refractivity contribution < 1.29 is 9.59 Å². The van der Waals surface area contributed by atoms with Crippen LogP contribution in [0.3, 0.4) is 0 Å². The number of anilines is 1. The van der Waals surface area contributed by atoms with E-state index in [2.05, 4.69) is 25.1 Å². The third kappa shape index (κ3) is 3.54. The lowest BCUT2D eigenvalue weighted by Crippen LogP contribution is -2.38. The summed E-state index contributed by atoms with van der Waals surface area (Å²) in [5.74, 6) is -0.0321. The second kappa shape index (κ2) is 7.23. The maximum absolute atomic E-state index is 13.1. The molecule has 2 amide bonds. The molecule has 1 saturated carbocycles. The Labute approximate surface area is 158 Å². The van der Waals surface area contributed by atoms with Crippen molar-refractivity contribution in [2.75, 3.05) is 11.4 Å². The topological polar surface area (TPSA) is 40.6 Å². The van der Waals surface area contributed by atoms with E-state index >= 15 is 0 Å². The Morgan fingerprint density at radius 1 is 1.23 bits per heavy atom. The normalized spacial score (nSPS) is 19.8. The van der Waals surface area contributed by atoms with Crippen LogP contribution < -0.4 is 4.90 Å². The number of nitrogens with zero attached hydrogens (tertiary/aromatic N) is 2. The summed E-state index contributed by atoms with van der Waals surface area (Å²) in [7, 11) is 0. The minimum Gasteiger partial charge on any atom is -0.334 e. The SMILES string of the molecule is CCc1ccc(N2C[C@@H](C(=O)N(Cc3cccs3)C3CC3)CC2=O)cc1. The molecule has 5 heteroatoms. The van der Waals surface area contributed by atoms with Crippen molar-refractivity contribution in [1.29, 1.82) is 0 Å². The summed E-state index contributed by atoms with van der Waals surface area (Å²) in [6, 6.07) is 12.6. The van der Waals surface area contributed by atoms with Gasteiger partial charge in [-0.1, -0.05) is 25.1 Å². The van der Waals surface area contributed by atoms with E-state index in [4.69, 9.17) is 0 Å². The molecule has 26 heavy (non-hydrogen) atoms. The highest BCUT2D eigenvalue weighted by Crippen LogP contribution is 2.33. The number of carbonyl (C=O) groups is 2. The molecule has 4 nitrogen and oxygen atoms in total. The summed E-state index contributed by atoms with van der Waals surface area (Å²) >= 11 is 1.69. The van der Waals surface area contributed by atoms with Crippen LogP contribution in [-0.4, -0.2) is 29.3 Å². The Morgan fingerprint density at radius 3 is 2.62 bits per heavy atom. The van der Waals surface area contributed by atoms with Gasteiger partial charge in [-0.15, -0.1) is 11.3 Å². The molecule has 4 rings (SSSR count). The molecule has 1 atom stereocenters. The molecular weight excluding hydrogens is 344 g/mol. The smallest absolute Gasteiger partial charge is 0.228 e. The highest BCUT2D eigenvalue weighted by molar-refractivity contribution is 7.09. The number of hydrogen-bond acceptors (Lipinski definition) is 3. The first-order chi connectivity index (χ1) is 12.7. The molecule has 2 fully saturated rings. The molecule has 136 valence electrons. The van der Waals surface area contributed by atoms with Gasteiger partial charge in [0.15, 0.2) is 0 Å². The highest BCUT2D eigenvalue weighted by Gasteiger charge is 2.41. The first-order valence-electron chi connectivity index (χ1n) is 9.38. The van der Waals surface area contributed by atoms with Crippen LogP contribution in [0.15, 0.2) is 41.8 Å². The van der Waals surface area contributed by atoms with Gasteiger partial charge in [0.05, 0.1) is 12.5 Å². The van der Waals surface area contributed by atoms with Gasteiger partial charge in [0, 0.05) is 29.6 Å². The van der Waals surface area contributed by atoms with Crippen LogP contribution in [0.4, 0.5) is 5.69 Å². The fourth-order valence-corrected chi connectivity index (χ4v) is 4.31. The molecule has 1 aliphatic carbocycles. The van der Waals surface area contributed by atoms with Crippen LogP contribution >= 0.6 is 11.3 Å². The van der Waals surface area contributed by atoms with E-state index < -0.39 is 0 Å². The number of thiophene rings is 1. The van der Waals surface area contributed by atoms with Crippen LogP contribution in [0.1, 0.15) is 36.6 Å². The van der Waals surface area contributed by atoms with E-state index in [1.54, 1.807) is 16.2 Å². The molecule has 1 aromatic heterocycles. The molecular formula is C21H24N2O2S. The van der Waals surface area contributed by atoms with E-state index in [0.29, 0.717) is 25.6 Å². The van der Waals surface area contributed by atoms with Gasteiger partial charge >= 0.3 is 0 Å². The van der Waals surface area contributed by atoms with Crippen LogP contribution in [-0.2, 0) is 22.6 Å². The molecule has 2 heterocycles. The van der Waals surface area contributed by atoms with Crippen LogP contribution in [0, 0.1) is 5.92 Å². The lowest BCUT2D eigenvalue weighted by molar-refractivity contribution is -0.137. The zero-order valence-electron chi connectivity index (χ0n) is 15.1. The number of amides is 2. The zero-order chi connectivity index (χ0) is 18.1.